The summed E-state index contributed by atoms with van der Waals surface area (Å²) in [6.07, 6.45) is 1.42. The average Bonchev–Trinajstić information content (AvgIpc) is 2.16. The lowest BCUT2D eigenvalue weighted by molar-refractivity contribution is 0.201. The van der Waals surface area contributed by atoms with Crippen LogP contribution in [0.2, 0.25) is 0 Å². The maximum Gasteiger partial charge on any atom is 0.134 e. The highest BCUT2D eigenvalue weighted by Crippen LogP contribution is 2.13. The van der Waals surface area contributed by atoms with Crippen LogP contribution in [0.1, 0.15) is 26.1 Å². The Balaban J connectivity index is 2.86. The van der Waals surface area contributed by atoms with Gasteiger partial charge in [-0.15, -0.1) is 0 Å². The van der Waals surface area contributed by atoms with Crippen LogP contribution in [0.3, 0.4) is 0 Å². The number of aromatic nitrogens is 2. The molecule has 0 amide bonds. The molecule has 16 heavy (non-hydrogen) atoms. The van der Waals surface area contributed by atoms with Gasteiger partial charge in [-0.1, -0.05) is 6.92 Å². The molecular weight excluding hydrogens is 204 g/mol. The van der Waals surface area contributed by atoms with E-state index >= 15 is 0 Å². The van der Waals surface area contributed by atoms with Crippen LogP contribution in [0.25, 0.3) is 0 Å². The number of aliphatic hydroxyl groups is 1. The van der Waals surface area contributed by atoms with Crippen molar-refractivity contribution in [1.82, 2.24) is 9.97 Å². The van der Waals surface area contributed by atoms with E-state index in [9.17, 15) is 5.11 Å². The topological polar surface area (TPSA) is 75.3 Å². The average molecular weight is 224 g/mol. The predicted molar refractivity (Wildman–Crippen MR) is 65.4 cm³/mol. The molecule has 0 saturated heterocycles. The van der Waals surface area contributed by atoms with E-state index in [2.05, 4.69) is 16.9 Å². The van der Waals surface area contributed by atoms with Gasteiger partial charge in [0.2, 0.25) is 0 Å². The Hall–Kier alpha value is -1.36. The fraction of sp³-hybridized carbons (Fsp3) is 0.636. The summed E-state index contributed by atoms with van der Waals surface area (Å²) in [6.45, 7) is 4.35. The van der Waals surface area contributed by atoms with Crippen LogP contribution in [0.15, 0.2) is 6.07 Å². The lowest BCUT2D eigenvalue weighted by Crippen LogP contribution is -2.28. The molecule has 0 radical (unpaired) electrons. The van der Waals surface area contributed by atoms with E-state index in [-0.39, 0.29) is 0 Å². The molecule has 1 atom stereocenters. The summed E-state index contributed by atoms with van der Waals surface area (Å²) in [6, 6.07) is 1.72. The maximum absolute atomic E-state index is 9.31. The van der Waals surface area contributed by atoms with E-state index in [0.29, 0.717) is 12.4 Å². The van der Waals surface area contributed by atoms with Gasteiger partial charge in [0.25, 0.3) is 0 Å². The lowest BCUT2D eigenvalue weighted by atomic mass is 10.3. The van der Waals surface area contributed by atoms with Gasteiger partial charge < -0.3 is 15.7 Å². The van der Waals surface area contributed by atoms with Gasteiger partial charge in [-0.2, -0.15) is 0 Å². The van der Waals surface area contributed by atoms with Crippen molar-refractivity contribution in [3.63, 3.8) is 0 Å². The van der Waals surface area contributed by atoms with E-state index in [0.717, 1.165) is 24.5 Å². The molecule has 0 bridgehead atoms. The van der Waals surface area contributed by atoms with Crippen molar-refractivity contribution in [2.75, 3.05) is 24.2 Å². The van der Waals surface area contributed by atoms with Crippen LogP contribution in [-0.4, -0.2) is 34.8 Å². The Morgan fingerprint density at radius 3 is 2.75 bits per heavy atom. The molecule has 3 N–H and O–H groups in total. The predicted octanol–water partition coefficient (Wildman–Crippen LogP) is 0.828. The van der Waals surface area contributed by atoms with Crippen molar-refractivity contribution < 1.29 is 5.11 Å². The second-order valence-corrected chi connectivity index (χ2v) is 4.05. The van der Waals surface area contributed by atoms with E-state index in [1.807, 2.05) is 11.9 Å². The van der Waals surface area contributed by atoms with Crippen molar-refractivity contribution in [2.45, 2.75) is 32.8 Å². The van der Waals surface area contributed by atoms with Crippen molar-refractivity contribution in [3.05, 3.63) is 11.9 Å². The molecule has 5 heteroatoms. The largest absolute Gasteiger partial charge is 0.392 e. The summed E-state index contributed by atoms with van der Waals surface area (Å²) < 4.78 is 0. The van der Waals surface area contributed by atoms with Gasteiger partial charge >= 0.3 is 0 Å². The fourth-order valence-corrected chi connectivity index (χ4v) is 1.52. The highest BCUT2D eigenvalue weighted by molar-refractivity contribution is 5.46. The molecule has 1 aromatic heterocycles. The van der Waals surface area contributed by atoms with Crippen LogP contribution in [0.5, 0.6) is 0 Å². The second-order valence-electron chi connectivity index (χ2n) is 4.05. The number of aliphatic hydroxyl groups excluding tert-OH is 1. The number of nitrogen functional groups attached to an aromatic ring is 1. The number of rotatable bonds is 5. The van der Waals surface area contributed by atoms with Crippen LogP contribution >= 0.6 is 0 Å². The Morgan fingerprint density at radius 2 is 2.19 bits per heavy atom. The van der Waals surface area contributed by atoms with Gasteiger partial charge in [0, 0.05) is 26.1 Å². The molecule has 0 spiro atoms. The van der Waals surface area contributed by atoms with Gasteiger partial charge in [0.05, 0.1) is 6.10 Å². The first-order valence-electron chi connectivity index (χ1n) is 5.55. The molecule has 0 aliphatic rings. The highest BCUT2D eigenvalue weighted by Gasteiger charge is 2.08. The Bertz CT molecular complexity index is 341. The third kappa shape index (κ3) is 3.66. The molecule has 1 rings (SSSR count). The van der Waals surface area contributed by atoms with Gasteiger partial charge in [-0.05, 0) is 13.3 Å². The minimum atomic E-state index is -0.393. The van der Waals surface area contributed by atoms with Crippen molar-refractivity contribution >= 4 is 11.6 Å². The van der Waals surface area contributed by atoms with E-state index in [1.54, 1.807) is 13.0 Å². The summed E-state index contributed by atoms with van der Waals surface area (Å²) in [5.41, 5.74) is 5.72. The summed E-state index contributed by atoms with van der Waals surface area (Å²) in [5.74, 6) is 2.00. The molecule has 90 valence electrons. The number of nitrogens with zero attached hydrogens (tertiary/aromatic N) is 3. The third-order valence-electron chi connectivity index (χ3n) is 2.18. The quantitative estimate of drug-likeness (QED) is 0.774. The smallest absolute Gasteiger partial charge is 0.134 e. The van der Waals surface area contributed by atoms with Crippen LogP contribution in [0, 0.1) is 0 Å². The maximum atomic E-state index is 9.31. The molecule has 0 fully saturated rings. The minimum Gasteiger partial charge on any atom is -0.392 e. The molecule has 1 heterocycles. The van der Waals surface area contributed by atoms with Crippen LogP contribution < -0.4 is 10.6 Å². The van der Waals surface area contributed by atoms with Crippen molar-refractivity contribution in [2.24, 2.45) is 0 Å². The second kappa shape index (κ2) is 5.65. The molecular formula is C11H20N4O. The Kier molecular flexibility index (Phi) is 4.49. The Labute approximate surface area is 96.3 Å². The number of hydrogen-bond acceptors (Lipinski definition) is 5. The van der Waals surface area contributed by atoms with Crippen LogP contribution in [-0.2, 0) is 6.42 Å². The number of likely N-dealkylation sites (N-methyl/N-ethyl adjacent to an activating group) is 1. The molecule has 5 nitrogen and oxygen atoms in total. The summed E-state index contributed by atoms with van der Waals surface area (Å²) in [7, 11) is 1.88. The molecule has 0 saturated carbocycles. The third-order valence-corrected chi connectivity index (χ3v) is 2.18. The van der Waals surface area contributed by atoms with Crippen molar-refractivity contribution in [3.8, 4) is 0 Å². The van der Waals surface area contributed by atoms with Gasteiger partial charge in [-0.3, -0.25) is 0 Å². The zero-order valence-electron chi connectivity index (χ0n) is 10.1. The number of anilines is 2. The summed E-state index contributed by atoms with van der Waals surface area (Å²) >= 11 is 0. The molecule has 0 aliphatic carbocycles. The first kappa shape index (κ1) is 12.7. The Morgan fingerprint density at radius 1 is 1.50 bits per heavy atom. The number of aryl methyl sites for hydroxylation is 1. The van der Waals surface area contributed by atoms with E-state index in [4.69, 9.17) is 5.73 Å². The standard InChI is InChI=1S/C11H20N4O/c1-4-5-10-13-9(12)6-11(14-10)15(3)7-8(2)16/h6,8,16H,4-5,7H2,1-3H3,(H2,12,13,14). The molecule has 1 aromatic rings. The SMILES string of the molecule is CCCc1nc(N)cc(N(C)CC(C)O)n1. The number of hydrogen-bond donors (Lipinski definition) is 2. The van der Waals surface area contributed by atoms with Crippen LogP contribution in [0.4, 0.5) is 11.6 Å². The normalized spacial score (nSPS) is 12.5. The summed E-state index contributed by atoms with van der Waals surface area (Å²) in [4.78, 5) is 10.4. The van der Waals surface area contributed by atoms with E-state index < -0.39 is 6.10 Å². The first-order chi connectivity index (χ1) is 7.52. The lowest BCUT2D eigenvalue weighted by Gasteiger charge is -2.20. The van der Waals surface area contributed by atoms with Crippen molar-refractivity contribution in [1.29, 1.82) is 0 Å². The number of nitrogens with two attached hydrogens (primary N) is 1. The first-order valence-corrected chi connectivity index (χ1v) is 5.55. The monoisotopic (exact) mass is 224 g/mol. The molecule has 1 unspecified atom stereocenters. The fourth-order valence-electron chi connectivity index (χ4n) is 1.52. The van der Waals surface area contributed by atoms with Gasteiger partial charge in [-0.25, -0.2) is 9.97 Å². The molecule has 0 aromatic carbocycles. The van der Waals surface area contributed by atoms with E-state index in [1.165, 1.54) is 0 Å². The summed E-state index contributed by atoms with van der Waals surface area (Å²) in [5, 5.41) is 9.31. The molecule has 0 aliphatic heterocycles. The highest BCUT2D eigenvalue weighted by atomic mass is 16.3. The van der Waals surface area contributed by atoms with Gasteiger partial charge in [0.15, 0.2) is 0 Å². The zero-order chi connectivity index (χ0) is 12.1. The zero-order valence-corrected chi connectivity index (χ0v) is 10.1. The minimum absolute atomic E-state index is 0.393. The van der Waals surface area contributed by atoms with Gasteiger partial charge in [0.1, 0.15) is 17.5 Å².